The average molecular weight is 409 g/mol. The number of rotatable bonds is 7. The molecule has 0 spiro atoms. The van der Waals surface area contributed by atoms with Crippen molar-refractivity contribution in [1.29, 1.82) is 0 Å². The van der Waals surface area contributed by atoms with E-state index >= 15 is 0 Å². The van der Waals surface area contributed by atoms with Crippen molar-refractivity contribution < 1.29 is 23.5 Å². The number of alkyl carbamates (subject to hydrolysis) is 1. The lowest BCUT2D eigenvalue weighted by molar-refractivity contribution is -0.136. The molecule has 1 heterocycles. The van der Waals surface area contributed by atoms with E-state index in [9.17, 15) is 14.4 Å². The Balaban J connectivity index is 1.64. The molecule has 0 aliphatic carbocycles. The number of carbonyl (C=O) groups is 2. The van der Waals surface area contributed by atoms with E-state index in [1.54, 1.807) is 19.1 Å². The molecule has 2 aromatic carbocycles. The topological polar surface area (TPSA) is 94.8 Å². The van der Waals surface area contributed by atoms with Crippen molar-refractivity contribution in [3.63, 3.8) is 0 Å². The summed E-state index contributed by atoms with van der Waals surface area (Å²) in [4.78, 5) is 36.2. The average Bonchev–Trinajstić information content (AvgIpc) is 2.75. The van der Waals surface area contributed by atoms with E-state index in [2.05, 4.69) is 5.32 Å². The highest BCUT2D eigenvalue weighted by Crippen LogP contribution is 2.23. The maximum atomic E-state index is 12.5. The number of amides is 1. The molecular formula is C23H23NO6. The Hall–Kier alpha value is -3.61. The fraction of sp³-hybridized carbons (Fsp3) is 0.261. The van der Waals surface area contributed by atoms with E-state index in [1.165, 1.54) is 12.1 Å². The summed E-state index contributed by atoms with van der Waals surface area (Å²) in [7, 11) is 0. The maximum absolute atomic E-state index is 12.5. The molecule has 0 bridgehead atoms. The lowest BCUT2D eigenvalue weighted by Crippen LogP contribution is -2.42. The van der Waals surface area contributed by atoms with Crippen LogP contribution in [0.5, 0.6) is 5.75 Å². The molecule has 3 aromatic rings. The van der Waals surface area contributed by atoms with Gasteiger partial charge in [0, 0.05) is 17.5 Å². The second kappa shape index (κ2) is 9.73. The molecule has 156 valence electrons. The van der Waals surface area contributed by atoms with Crippen LogP contribution in [0.1, 0.15) is 31.4 Å². The lowest BCUT2D eigenvalue weighted by Gasteiger charge is -2.16. The van der Waals surface area contributed by atoms with Gasteiger partial charge in [-0.2, -0.15) is 0 Å². The van der Waals surface area contributed by atoms with Crippen LogP contribution in [0.25, 0.3) is 11.0 Å². The Bertz CT molecular complexity index is 1090. The van der Waals surface area contributed by atoms with E-state index < -0.39 is 23.7 Å². The summed E-state index contributed by atoms with van der Waals surface area (Å²) in [6.45, 7) is 3.79. The summed E-state index contributed by atoms with van der Waals surface area (Å²) in [5, 5.41) is 3.30. The summed E-state index contributed by atoms with van der Waals surface area (Å²) < 4.78 is 15.7. The molecule has 1 N–H and O–H groups in total. The van der Waals surface area contributed by atoms with Gasteiger partial charge in [0.05, 0.1) is 0 Å². The van der Waals surface area contributed by atoms with Crippen molar-refractivity contribution >= 4 is 23.0 Å². The van der Waals surface area contributed by atoms with Gasteiger partial charge in [-0.1, -0.05) is 44.2 Å². The van der Waals surface area contributed by atoms with Gasteiger partial charge in [0.1, 0.15) is 24.0 Å². The van der Waals surface area contributed by atoms with Crippen molar-refractivity contribution in [2.75, 3.05) is 0 Å². The third-order valence-corrected chi connectivity index (χ3v) is 4.60. The minimum Gasteiger partial charge on any atom is -0.445 e. The minimum atomic E-state index is -0.877. The van der Waals surface area contributed by atoms with Crippen LogP contribution in [0.4, 0.5) is 4.79 Å². The number of hydrogen-bond acceptors (Lipinski definition) is 6. The number of benzene rings is 2. The van der Waals surface area contributed by atoms with Crippen LogP contribution in [-0.4, -0.2) is 18.1 Å². The van der Waals surface area contributed by atoms with E-state index in [0.29, 0.717) is 18.4 Å². The summed E-state index contributed by atoms with van der Waals surface area (Å²) in [5.74, 6) is -0.413. The van der Waals surface area contributed by atoms with E-state index in [0.717, 1.165) is 16.5 Å². The molecule has 0 radical (unpaired) electrons. The first-order valence-corrected chi connectivity index (χ1v) is 9.75. The Morgan fingerprint density at radius 1 is 1.07 bits per heavy atom. The zero-order valence-electron chi connectivity index (χ0n) is 16.8. The number of nitrogens with one attached hydrogen (secondary N) is 1. The number of ether oxygens (including phenoxy) is 2. The fourth-order valence-electron chi connectivity index (χ4n) is 2.99. The number of fused-ring (bicyclic) bond motifs is 1. The zero-order chi connectivity index (χ0) is 21.5. The highest BCUT2D eigenvalue weighted by Gasteiger charge is 2.22. The SMILES string of the molecule is CCc1cc(=O)oc2cc(OC(=O)C(CC)NC(=O)OCc3ccccc3)ccc12. The van der Waals surface area contributed by atoms with Gasteiger partial charge in [-0.15, -0.1) is 0 Å². The predicted octanol–water partition coefficient (Wildman–Crippen LogP) is 3.97. The molecule has 0 aliphatic rings. The van der Waals surface area contributed by atoms with Gasteiger partial charge in [0.2, 0.25) is 0 Å². The van der Waals surface area contributed by atoms with E-state index in [1.807, 2.05) is 37.3 Å². The second-order valence-corrected chi connectivity index (χ2v) is 6.69. The third kappa shape index (κ3) is 5.26. The number of carbonyl (C=O) groups excluding carboxylic acids is 2. The van der Waals surface area contributed by atoms with Crippen molar-refractivity contribution in [3.05, 3.63) is 76.1 Å². The molecule has 1 atom stereocenters. The second-order valence-electron chi connectivity index (χ2n) is 6.69. The zero-order valence-corrected chi connectivity index (χ0v) is 16.8. The summed E-state index contributed by atoms with van der Waals surface area (Å²) in [6, 6.07) is 14.7. The van der Waals surface area contributed by atoms with Gasteiger partial charge in [-0.05, 0) is 36.1 Å². The van der Waals surface area contributed by atoms with E-state index in [-0.39, 0.29) is 12.4 Å². The normalized spacial score (nSPS) is 11.7. The lowest BCUT2D eigenvalue weighted by atomic mass is 10.1. The molecule has 1 amide bonds. The Morgan fingerprint density at radius 2 is 1.83 bits per heavy atom. The highest BCUT2D eigenvalue weighted by atomic mass is 16.6. The monoisotopic (exact) mass is 409 g/mol. The molecule has 30 heavy (non-hydrogen) atoms. The van der Waals surface area contributed by atoms with Crippen molar-refractivity contribution in [1.82, 2.24) is 5.32 Å². The van der Waals surface area contributed by atoms with E-state index in [4.69, 9.17) is 13.9 Å². The van der Waals surface area contributed by atoms with Gasteiger partial charge < -0.3 is 19.2 Å². The van der Waals surface area contributed by atoms with Gasteiger partial charge in [-0.25, -0.2) is 14.4 Å². The molecule has 1 unspecified atom stereocenters. The van der Waals surface area contributed by atoms with Crippen molar-refractivity contribution in [2.24, 2.45) is 0 Å². The Morgan fingerprint density at radius 3 is 2.53 bits per heavy atom. The van der Waals surface area contributed by atoms with Gasteiger partial charge in [0.15, 0.2) is 0 Å². The largest absolute Gasteiger partial charge is 0.445 e. The highest BCUT2D eigenvalue weighted by molar-refractivity contribution is 5.85. The first-order chi connectivity index (χ1) is 14.5. The van der Waals surface area contributed by atoms with Crippen molar-refractivity contribution in [2.45, 2.75) is 39.3 Å². The maximum Gasteiger partial charge on any atom is 0.408 e. The van der Waals surface area contributed by atoms with Gasteiger partial charge in [-0.3, -0.25) is 0 Å². The number of esters is 1. The number of aryl methyl sites for hydroxylation is 1. The molecule has 0 aliphatic heterocycles. The molecular weight excluding hydrogens is 386 g/mol. The molecule has 7 nitrogen and oxygen atoms in total. The smallest absolute Gasteiger partial charge is 0.408 e. The summed E-state index contributed by atoms with van der Waals surface area (Å²) in [5.41, 5.74) is 1.57. The van der Waals surface area contributed by atoms with Crippen LogP contribution >= 0.6 is 0 Å². The van der Waals surface area contributed by atoms with Crippen LogP contribution < -0.4 is 15.7 Å². The van der Waals surface area contributed by atoms with Crippen LogP contribution in [-0.2, 0) is 22.6 Å². The van der Waals surface area contributed by atoms with Gasteiger partial charge >= 0.3 is 17.7 Å². The first-order valence-electron chi connectivity index (χ1n) is 9.75. The summed E-state index contributed by atoms with van der Waals surface area (Å²) >= 11 is 0. The molecule has 7 heteroatoms. The Kier molecular flexibility index (Phi) is 6.85. The van der Waals surface area contributed by atoms with Gasteiger partial charge in [0.25, 0.3) is 0 Å². The quantitative estimate of drug-likeness (QED) is 0.360. The minimum absolute atomic E-state index is 0.0988. The van der Waals surface area contributed by atoms with Crippen LogP contribution in [0, 0.1) is 0 Å². The standard InChI is InChI=1S/C23H23NO6/c1-3-16-12-21(25)30-20-13-17(10-11-18(16)20)29-22(26)19(4-2)24-23(27)28-14-15-8-6-5-7-9-15/h5-13,19H,3-4,14H2,1-2H3,(H,24,27). The molecule has 0 saturated heterocycles. The van der Waals surface area contributed by atoms with Crippen LogP contribution in [0.2, 0.25) is 0 Å². The number of hydrogen-bond donors (Lipinski definition) is 1. The molecule has 3 rings (SSSR count). The molecule has 0 fully saturated rings. The van der Waals surface area contributed by atoms with Crippen LogP contribution in [0.3, 0.4) is 0 Å². The summed E-state index contributed by atoms with van der Waals surface area (Å²) in [6.07, 6.45) is 0.288. The fourth-order valence-corrected chi connectivity index (χ4v) is 2.99. The Labute approximate surface area is 173 Å². The third-order valence-electron chi connectivity index (χ3n) is 4.60. The predicted molar refractivity (Wildman–Crippen MR) is 111 cm³/mol. The van der Waals surface area contributed by atoms with Crippen LogP contribution in [0.15, 0.2) is 63.8 Å². The molecule has 0 saturated carbocycles. The first kappa shape index (κ1) is 21.1. The molecule has 1 aromatic heterocycles. The van der Waals surface area contributed by atoms with Crippen molar-refractivity contribution in [3.8, 4) is 5.75 Å².